The number of hydrogen-bond acceptors (Lipinski definition) is 3. The summed E-state index contributed by atoms with van der Waals surface area (Å²) in [7, 11) is 0. The topological polar surface area (TPSA) is 55.5 Å². The first kappa shape index (κ1) is 13.8. The van der Waals surface area contributed by atoms with Crippen LogP contribution < -0.4 is 17.7 Å². The molecule has 0 aliphatic rings. The second-order valence-corrected chi connectivity index (χ2v) is 4.87. The predicted molar refractivity (Wildman–Crippen MR) is 70.6 cm³/mol. The van der Waals surface area contributed by atoms with Gasteiger partial charge in [0.1, 0.15) is 17.4 Å². The molecule has 4 nitrogen and oxygen atoms in total. The van der Waals surface area contributed by atoms with Gasteiger partial charge in [0.15, 0.2) is 0 Å². The lowest BCUT2D eigenvalue weighted by molar-refractivity contribution is -0.579. The van der Waals surface area contributed by atoms with Gasteiger partial charge >= 0.3 is 0 Å². The van der Waals surface area contributed by atoms with Crippen LogP contribution in [0.5, 0.6) is 0 Å². The van der Waals surface area contributed by atoms with Crippen molar-refractivity contribution in [3.05, 3.63) is 30.6 Å². The second-order valence-electron chi connectivity index (χ2n) is 4.87. The van der Waals surface area contributed by atoms with Crippen molar-refractivity contribution in [1.82, 2.24) is 9.97 Å². The van der Waals surface area contributed by atoms with E-state index in [-0.39, 0.29) is 12.4 Å². The highest BCUT2D eigenvalue weighted by atomic mass is 35.5. The smallest absolute Gasteiger partial charge is 0.271 e. The summed E-state index contributed by atoms with van der Waals surface area (Å²) >= 11 is 0. The highest BCUT2D eigenvalue weighted by Crippen LogP contribution is 2.28. The van der Waals surface area contributed by atoms with Crippen molar-refractivity contribution in [3.63, 3.8) is 0 Å². The zero-order valence-electron chi connectivity index (χ0n) is 10.9. The summed E-state index contributed by atoms with van der Waals surface area (Å²) in [5, 5.41) is 3.17. The molecule has 3 rings (SSSR count). The Kier molecular flexibility index (Phi) is 4.02. The van der Waals surface area contributed by atoms with Crippen molar-refractivity contribution in [1.29, 1.82) is 0 Å². The molecule has 0 fully saturated rings. The molecule has 2 N–H and O–H groups in total. The van der Waals surface area contributed by atoms with E-state index < -0.39 is 0 Å². The van der Waals surface area contributed by atoms with E-state index in [1.807, 2.05) is 24.3 Å². The minimum atomic E-state index is 0. The highest BCUT2D eigenvalue weighted by Gasteiger charge is 2.15. The Balaban J connectivity index is 0.00000133. The van der Waals surface area contributed by atoms with Crippen molar-refractivity contribution < 1.29 is 22.1 Å². The maximum atomic E-state index is 5.86. The fourth-order valence-corrected chi connectivity index (χ4v) is 2.03. The number of nitrogens with two attached hydrogens (primary N) is 1. The van der Waals surface area contributed by atoms with Gasteiger partial charge < -0.3 is 16.8 Å². The van der Waals surface area contributed by atoms with Crippen LogP contribution in [0.25, 0.3) is 22.1 Å². The Morgan fingerprint density at radius 1 is 1.21 bits per heavy atom. The molecule has 0 bridgehead atoms. The molecule has 0 saturated heterocycles. The summed E-state index contributed by atoms with van der Waals surface area (Å²) in [6.07, 6.45) is 1.61. The first-order valence-corrected chi connectivity index (χ1v) is 6.21. The van der Waals surface area contributed by atoms with Crippen LogP contribution in [0, 0.1) is 5.92 Å². The maximum absolute atomic E-state index is 5.86. The second kappa shape index (κ2) is 5.55. The summed E-state index contributed by atoms with van der Waals surface area (Å²) in [5.74, 6) is 1.50. The quantitative estimate of drug-likeness (QED) is 0.684. The summed E-state index contributed by atoms with van der Waals surface area (Å²) in [4.78, 5) is 8.65. The molecule has 5 heteroatoms. The van der Waals surface area contributed by atoms with Crippen LogP contribution >= 0.6 is 0 Å². The Bertz CT molecular complexity index is 693. The van der Waals surface area contributed by atoms with E-state index in [2.05, 4.69) is 29.1 Å². The van der Waals surface area contributed by atoms with Gasteiger partial charge in [-0.1, -0.05) is 26.0 Å². The molecule has 0 amide bonds. The molecule has 1 aromatic carbocycles. The number of nitrogens with zero attached hydrogens (tertiary/aromatic N) is 2. The van der Waals surface area contributed by atoms with Crippen LogP contribution in [0.15, 0.2) is 35.0 Å². The minimum Gasteiger partial charge on any atom is -1.00 e. The monoisotopic (exact) mass is 277 g/mol. The molecule has 0 radical (unpaired) electrons. The van der Waals surface area contributed by atoms with Crippen LogP contribution in [0.4, 0.5) is 5.82 Å². The van der Waals surface area contributed by atoms with Crippen LogP contribution in [0.2, 0.25) is 0 Å². The summed E-state index contributed by atoms with van der Waals surface area (Å²) < 4.78 is 5.86. The first-order chi connectivity index (χ1) is 8.75. The van der Waals surface area contributed by atoms with Gasteiger partial charge in [-0.25, -0.2) is 4.98 Å². The predicted octanol–water partition coefficient (Wildman–Crippen LogP) is -0.769. The molecule has 19 heavy (non-hydrogen) atoms. The van der Waals surface area contributed by atoms with Crippen molar-refractivity contribution in [2.75, 3.05) is 6.54 Å². The van der Waals surface area contributed by atoms with E-state index in [4.69, 9.17) is 4.42 Å². The highest BCUT2D eigenvalue weighted by molar-refractivity contribution is 6.04. The first-order valence-electron chi connectivity index (χ1n) is 6.21. The Morgan fingerprint density at radius 3 is 2.79 bits per heavy atom. The molecule has 2 aromatic heterocycles. The average Bonchev–Trinajstić information content (AvgIpc) is 2.75. The molecule has 0 aliphatic heterocycles. The van der Waals surface area contributed by atoms with E-state index in [0.717, 1.165) is 34.4 Å². The van der Waals surface area contributed by atoms with Crippen molar-refractivity contribution >= 4 is 27.9 Å². The number of halogens is 1. The molecule has 0 spiro atoms. The molecule has 0 saturated carbocycles. The third kappa shape index (κ3) is 2.55. The number of para-hydroxylation sites is 1. The number of fused-ring (bicyclic) bond motifs is 3. The molecule has 0 atom stereocenters. The third-order valence-corrected chi connectivity index (χ3v) is 2.97. The van der Waals surface area contributed by atoms with Gasteiger partial charge in [0.05, 0.1) is 6.54 Å². The van der Waals surface area contributed by atoms with Gasteiger partial charge in [-0.05, 0) is 12.1 Å². The number of furan rings is 1. The number of quaternary nitrogens is 1. The molecular formula is C14H16ClN3O. The standard InChI is InChI=1S/C14H15N3O.ClH/c1-9(2)7-15-14-13-12(16-8-17-14)10-5-3-4-6-11(10)18-13;/h3-6,8-9H,7H2,1-2H3,(H,15,16,17);1H. The van der Waals surface area contributed by atoms with Crippen molar-refractivity contribution in [2.45, 2.75) is 13.8 Å². The molecule has 0 unspecified atom stereocenters. The lowest BCUT2D eigenvalue weighted by atomic mass is 10.2. The maximum Gasteiger partial charge on any atom is 0.271 e. The van der Waals surface area contributed by atoms with E-state index in [1.165, 1.54) is 0 Å². The Hall–Kier alpha value is -1.65. The van der Waals surface area contributed by atoms with Gasteiger partial charge in [0.2, 0.25) is 5.58 Å². The fourth-order valence-electron chi connectivity index (χ4n) is 2.03. The lowest BCUT2D eigenvalue weighted by Gasteiger charge is -2.02. The third-order valence-electron chi connectivity index (χ3n) is 2.97. The summed E-state index contributed by atoms with van der Waals surface area (Å²) in [6.45, 7) is 5.37. The Morgan fingerprint density at radius 2 is 2.00 bits per heavy atom. The van der Waals surface area contributed by atoms with Crippen LogP contribution in [0.3, 0.4) is 0 Å². The Labute approximate surface area is 117 Å². The zero-order chi connectivity index (χ0) is 12.5. The van der Waals surface area contributed by atoms with E-state index in [9.17, 15) is 0 Å². The fraction of sp³-hybridized carbons (Fsp3) is 0.286. The lowest BCUT2D eigenvalue weighted by Crippen LogP contribution is -3.00. The summed E-state index contributed by atoms with van der Waals surface area (Å²) in [5.41, 5.74) is 2.56. The molecule has 2 heterocycles. The normalized spacial score (nSPS) is 11.1. The van der Waals surface area contributed by atoms with Crippen molar-refractivity contribution in [3.8, 4) is 0 Å². The number of hydrogen-bond donors (Lipinski definition) is 1. The van der Waals surface area contributed by atoms with Gasteiger partial charge in [-0.15, -0.1) is 0 Å². The summed E-state index contributed by atoms with van der Waals surface area (Å²) in [6, 6.07) is 7.95. The number of aromatic nitrogens is 2. The number of rotatable bonds is 3. The van der Waals surface area contributed by atoms with E-state index >= 15 is 0 Å². The van der Waals surface area contributed by atoms with Crippen molar-refractivity contribution in [2.24, 2.45) is 5.92 Å². The SMILES string of the molecule is CC(C)C[NH2+]c1ncnc2c1oc1ccccc12.[Cl-]. The van der Waals surface area contributed by atoms with Crippen LogP contribution in [-0.4, -0.2) is 16.5 Å². The number of benzene rings is 1. The molecule has 100 valence electrons. The van der Waals surface area contributed by atoms with Gasteiger partial charge in [-0.3, -0.25) is 5.32 Å². The minimum absolute atomic E-state index is 0. The largest absolute Gasteiger partial charge is 1.00 e. The van der Waals surface area contributed by atoms with Gasteiger partial charge in [-0.2, -0.15) is 4.98 Å². The van der Waals surface area contributed by atoms with Crippen LogP contribution in [-0.2, 0) is 0 Å². The van der Waals surface area contributed by atoms with Gasteiger partial charge in [0, 0.05) is 11.3 Å². The molecule has 0 aliphatic carbocycles. The van der Waals surface area contributed by atoms with Crippen LogP contribution in [0.1, 0.15) is 13.8 Å². The van der Waals surface area contributed by atoms with Gasteiger partial charge in [0.25, 0.3) is 5.82 Å². The van der Waals surface area contributed by atoms with E-state index in [0.29, 0.717) is 5.92 Å². The zero-order valence-corrected chi connectivity index (χ0v) is 11.7. The van der Waals surface area contributed by atoms with E-state index in [1.54, 1.807) is 6.33 Å². The molecular weight excluding hydrogens is 262 g/mol. The average molecular weight is 278 g/mol. The molecule has 3 aromatic rings.